The summed E-state index contributed by atoms with van der Waals surface area (Å²) in [5.74, 6) is -0.0395. The topological polar surface area (TPSA) is 62.9 Å². The van der Waals surface area contributed by atoms with E-state index in [0.29, 0.717) is 12.2 Å². The largest absolute Gasteiger partial charge is 0.573 e. The highest BCUT2D eigenvalue weighted by atomic mass is 127. The second-order valence-electron chi connectivity index (χ2n) is 5.20. The van der Waals surface area contributed by atoms with Crippen molar-refractivity contribution in [2.75, 3.05) is 31.5 Å². The van der Waals surface area contributed by atoms with E-state index in [-0.39, 0.29) is 35.7 Å². The van der Waals surface area contributed by atoms with Crippen LogP contribution in [0.15, 0.2) is 29.3 Å². The normalized spacial score (nSPS) is 12.0. The quantitative estimate of drug-likeness (QED) is 0.246. The summed E-state index contributed by atoms with van der Waals surface area (Å²) >= 11 is 0. The van der Waals surface area contributed by atoms with Crippen molar-refractivity contribution >= 4 is 35.6 Å². The van der Waals surface area contributed by atoms with E-state index in [1.807, 2.05) is 0 Å². The summed E-state index contributed by atoms with van der Waals surface area (Å²) in [4.78, 5) is 6.55. The van der Waals surface area contributed by atoms with Gasteiger partial charge in [0.1, 0.15) is 5.75 Å². The van der Waals surface area contributed by atoms with Crippen molar-refractivity contribution in [1.82, 2.24) is 4.90 Å². The maximum Gasteiger partial charge on any atom is 0.573 e. The van der Waals surface area contributed by atoms with Gasteiger partial charge in [0.05, 0.1) is 0 Å². The number of ether oxygens (including phenoxy) is 1. The van der Waals surface area contributed by atoms with E-state index in [9.17, 15) is 13.2 Å². The molecular formula is C16H26F3IN4O. The molecule has 144 valence electrons. The summed E-state index contributed by atoms with van der Waals surface area (Å²) in [6.07, 6.45) is -2.72. The Bertz CT molecular complexity index is 505. The number of aliphatic imine (C=N–C) groups is 1. The number of alkyl halides is 3. The minimum absolute atomic E-state index is 0. The zero-order valence-electron chi connectivity index (χ0n) is 14.5. The SMILES string of the molecule is CCN(CC)CCCCN=C(N)Nc1ccc(OC(F)(F)F)cc1.I. The lowest BCUT2D eigenvalue weighted by molar-refractivity contribution is -0.274. The fraction of sp³-hybridized carbons (Fsp3) is 0.562. The second kappa shape index (κ2) is 12.2. The molecule has 5 nitrogen and oxygen atoms in total. The van der Waals surface area contributed by atoms with Gasteiger partial charge in [0.15, 0.2) is 5.96 Å². The first-order valence-electron chi connectivity index (χ1n) is 7.99. The molecule has 9 heteroatoms. The Morgan fingerprint density at radius 1 is 1.16 bits per heavy atom. The Hall–Kier alpha value is -1.23. The standard InChI is InChI=1S/C16H25F3N4O.HI/c1-3-23(4-2)12-6-5-11-21-15(20)22-13-7-9-14(10-8-13)24-16(17,18)19;/h7-10H,3-6,11-12H2,1-2H3,(H3,20,21,22);1H. The van der Waals surface area contributed by atoms with Crippen LogP contribution in [0.4, 0.5) is 18.9 Å². The van der Waals surface area contributed by atoms with Crippen LogP contribution in [0, 0.1) is 0 Å². The van der Waals surface area contributed by atoms with E-state index in [1.54, 1.807) is 0 Å². The summed E-state index contributed by atoms with van der Waals surface area (Å²) in [6, 6.07) is 5.33. The molecule has 0 aliphatic rings. The van der Waals surface area contributed by atoms with Gasteiger partial charge in [0.2, 0.25) is 0 Å². The van der Waals surface area contributed by atoms with E-state index in [4.69, 9.17) is 5.73 Å². The maximum atomic E-state index is 12.1. The molecular weight excluding hydrogens is 448 g/mol. The molecule has 0 saturated carbocycles. The highest BCUT2D eigenvalue weighted by Crippen LogP contribution is 2.23. The predicted octanol–water partition coefficient (Wildman–Crippen LogP) is 4.05. The van der Waals surface area contributed by atoms with Gasteiger partial charge in [-0.2, -0.15) is 0 Å². The van der Waals surface area contributed by atoms with Crippen LogP contribution >= 0.6 is 24.0 Å². The zero-order chi connectivity index (χ0) is 18.0. The molecule has 1 rings (SSSR count). The molecule has 1 aromatic rings. The smallest absolute Gasteiger partial charge is 0.406 e. The Balaban J connectivity index is 0.00000576. The third-order valence-electron chi connectivity index (χ3n) is 3.42. The van der Waals surface area contributed by atoms with E-state index >= 15 is 0 Å². The van der Waals surface area contributed by atoms with Crippen molar-refractivity contribution in [1.29, 1.82) is 0 Å². The van der Waals surface area contributed by atoms with Gasteiger partial charge >= 0.3 is 6.36 Å². The third-order valence-corrected chi connectivity index (χ3v) is 3.42. The summed E-state index contributed by atoms with van der Waals surface area (Å²) < 4.78 is 40.0. The summed E-state index contributed by atoms with van der Waals surface area (Å²) in [5.41, 5.74) is 6.31. The van der Waals surface area contributed by atoms with Crippen LogP contribution in [-0.2, 0) is 0 Å². The van der Waals surface area contributed by atoms with Crippen molar-refractivity contribution in [3.63, 3.8) is 0 Å². The number of hydrogen-bond acceptors (Lipinski definition) is 3. The first-order valence-corrected chi connectivity index (χ1v) is 7.99. The fourth-order valence-corrected chi connectivity index (χ4v) is 2.11. The van der Waals surface area contributed by atoms with E-state index in [2.05, 4.69) is 33.8 Å². The molecule has 0 radical (unpaired) electrons. The van der Waals surface area contributed by atoms with Crippen LogP contribution in [0.3, 0.4) is 0 Å². The van der Waals surface area contributed by atoms with Crippen molar-refractivity contribution < 1.29 is 17.9 Å². The Morgan fingerprint density at radius 3 is 2.28 bits per heavy atom. The molecule has 0 heterocycles. The van der Waals surface area contributed by atoms with Crippen LogP contribution in [0.25, 0.3) is 0 Å². The van der Waals surface area contributed by atoms with Gasteiger partial charge in [-0.05, 0) is 56.7 Å². The van der Waals surface area contributed by atoms with Gasteiger partial charge in [-0.25, -0.2) is 0 Å². The molecule has 0 aliphatic heterocycles. The number of anilines is 1. The van der Waals surface area contributed by atoms with E-state index in [0.717, 1.165) is 32.5 Å². The van der Waals surface area contributed by atoms with Gasteiger partial charge in [-0.15, -0.1) is 37.1 Å². The molecule has 0 aromatic heterocycles. The van der Waals surface area contributed by atoms with Crippen molar-refractivity contribution in [3.8, 4) is 5.75 Å². The minimum Gasteiger partial charge on any atom is -0.406 e. The zero-order valence-corrected chi connectivity index (χ0v) is 16.8. The average Bonchev–Trinajstić information content (AvgIpc) is 2.51. The van der Waals surface area contributed by atoms with Crippen LogP contribution in [0.2, 0.25) is 0 Å². The number of halogens is 4. The number of nitrogens with one attached hydrogen (secondary N) is 1. The van der Waals surface area contributed by atoms with Gasteiger partial charge in [0.25, 0.3) is 0 Å². The number of unbranched alkanes of at least 4 members (excludes halogenated alkanes) is 1. The number of benzene rings is 1. The number of guanidine groups is 1. The molecule has 0 amide bonds. The monoisotopic (exact) mass is 474 g/mol. The maximum absolute atomic E-state index is 12.1. The van der Waals surface area contributed by atoms with E-state index < -0.39 is 6.36 Å². The lowest BCUT2D eigenvalue weighted by Crippen LogP contribution is -2.24. The molecule has 3 N–H and O–H groups in total. The first kappa shape index (κ1) is 23.8. The molecule has 0 fully saturated rings. The second-order valence-corrected chi connectivity index (χ2v) is 5.20. The summed E-state index contributed by atoms with van der Waals surface area (Å²) in [7, 11) is 0. The Morgan fingerprint density at radius 2 is 1.76 bits per heavy atom. The lowest BCUT2D eigenvalue weighted by Gasteiger charge is -2.17. The highest BCUT2D eigenvalue weighted by Gasteiger charge is 2.30. The molecule has 0 spiro atoms. The molecule has 1 aromatic carbocycles. The highest BCUT2D eigenvalue weighted by molar-refractivity contribution is 14.0. The Kier molecular flexibility index (Phi) is 11.6. The lowest BCUT2D eigenvalue weighted by atomic mass is 10.3. The number of nitrogens with zero attached hydrogens (tertiary/aromatic N) is 2. The van der Waals surface area contributed by atoms with Gasteiger partial charge in [-0.1, -0.05) is 13.8 Å². The molecule has 25 heavy (non-hydrogen) atoms. The average molecular weight is 474 g/mol. The van der Waals surface area contributed by atoms with Crippen molar-refractivity contribution in [2.24, 2.45) is 10.7 Å². The van der Waals surface area contributed by atoms with Crippen LogP contribution in [-0.4, -0.2) is 43.4 Å². The molecule has 0 atom stereocenters. The first-order chi connectivity index (χ1) is 11.3. The van der Waals surface area contributed by atoms with E-state index in [1.165, 1.54) is 24.3 Å². The predicted molar refractivity (Wildman–Crippen MR) is 106 cm³/mol. The summed E-state index contributed by atoms with van der Waals surface area (Å²) in [6.45, 7) is 7.99. The van der Waals surface area contributed by atoms with Gasteiger partial charge in [-0.3, -0.25) is 4.99 Å². The molecule has 0 aliphatic carbocycles. The van der Waals surface area contributed by atoms with Crippen LogP contribution < -0.4 is 15.8 Å². The molecule has 0 unspecified atom stereocenters. The Labute approximate surface area is 163 Å². The van der Waals surface area contributed by atoms with Crippen LogP contribution in [0.1, 0.15) is 26.7 Å². The summed E-state index contributed by atoms with van der Waals surface area (Å²) in [5, 5.41) is 2.83. The molecule has 0 bridgehead atoms. The number of nitrogens with two attached hydrogens (primary N) is 1. The number of rotatable bonds is 9. The number of hydrogen-bond donors (Lipinski definition) is 2. The van der Waals surface area contributed by atoms with Gasteiger partial charge < -0.3 is 20.7 Å². The minimum atomic E-state index is -4.69. The van der Waals surface area contributed by atoms with Crippen LogP contribution in [0.5, 0.6) is 5.75 Å². The van der Waals surface area contributed by atoms with Crippen molar-refractivity contribution in [2.45, 2.75) is 33.1 Å². The van der Waals surface area contributed by atoms with Crippen molar-refractivity contribution in [3.05, 3.63) is 24.3 Å². The van der Waals surface area contributed by atoms with Gasteiger partial charge in [0, 0.05) is 12.2 Å². The third kappa shape index (κ3) is 11.1. The fourth-order valence-electron chi connectivity index (χ4n) is 2.11. The molecule has 0 saturated heterocycles.